The van der Waals surface area contributed by atoms with Crippen LogP contribution < -0.4 is 4.90 Å². The Morgan fingerprint density at radius 1 is 1.30 bits per heavy atom. The molecular weight excluding hydrogens is 496 g/mol. The van der Waals surface area contributed by atoms with Crippen molar-refractivity contribution in [1.82, 2.24) is 4.90 Å². The van der Waals surface area contributed by atoms with Gasteiger partial charge < -0.3 is 24.4 Å². The third-order valence-corrected chi connectivity index (χ3v) is 8.26. The number of unbranched alkanes of at least 4 members (excludes halogenated alkanes) is 1. The number of rotatable bonds is 11. The number of carbonyl (C=O) groups is 3. The van der Waals surface area contributed by atoms with E-state index >= 15 is 0 Å². The third-order valence-electron chi connectivity index (χ3n) is 7.95. The molecule has 3 aliphatic rings. The van der Waals surface area contributed by atoms with E-state index < -0.39 is 35.0 Å². The van der Waals surface area contributed by atoms with Crippen LogP contribution in [0.1, 0.15) is 38.2 Å². The summed E-state index contributed by atoms with van der Waals surface area (Å²) in [7, 11) is 0. The van der Waals surface area contributed by atoms with Gasteiger partial charge in [-0.25, -0.2) is 0 Å². The molecule has 2 bridgehead atoms. The van der Waals surface area contributed by atoms with Crippen molar-refractivity contribution in [2.75, 3.05) is 31.2 Å². The molecule has 3 heterocycles. The Balaban J connectivity index is 1.80. The van der Waals surface area contributed by atoms with E-state index in [1.807, 2.05) is 26.0 Å². The average molecular weight is 531 g/mol. The number of likely N-dealkylation sites (tertiary alicyclic amines) is 1. The molecule has 2 unspecified atom stereocenters. The minimum Gasteiger partial charge on any atom is -0.461 e. The number of ether oxygens (including phenoxy) is 2. The van der Waals surface area contributed by atoms with Crippen molar-refractivity contribution in [2.45, 2.75) is 56.8 Å². The van der Waals surface area contributed by atoms with Gasteiger partial charge in [-0.15, -0.1) is 6.58 Å². The van der Waals surface area contributed by atoms with Gasteiger partial charge in [-0.1, -0.05) is 42.5 Å². The molecule has 4 rings (SSSR count). The maximum atomic E-state index is 14.5. The van der Waals surface area contributed by atoms with Gasteiger partial charge in [0.05, 0.1) is 22.2 Å². The van der Waals surface area contributed by atoms with E-state index in [1.165, 1.54) is 6.08 Å². The number of carbonyl (C=O) groups excluding carboxylic acids is 3. The number of hydrogen-bond donors (Lipinski definition) is 1. The Hall–Kier alpha value is -2.68. The summed E-state index contributed by atoms with van der Waals surface area (Å²) < 4.78 is 12.0. The number of aliphatic hydroxyl groups excluding tert-OH is 1. The first-order valence-corrected chi connectivity index (χ1v) is 13.1. The Labute approximate surface area is 222 Å². The molecule has 0 radical (unpaired) electrons. The molecule has 3 aliphatic heterocycles. The standard InChI is InChI=1S/C28H35ClN2O6/c1-5-14-30(22-18(3)10-9-11-19(22)29)25(34)23-28-13-12-27(4,37-28)21(26(35)36-17-6-2)20(28)24(33)31(23)15-7-8-16-32/h5-6,9-11,20-21,23,32H,1-2,7-8,12-17H2,3-4H3/t20-,21-,23?,27+,28?/m0/s1. The Morgan fingerprint density at radius 3 is 2.70 bits per heavy atom. The lowest BCUT2D eigenvalue weighted by Crippen LogP contribution is -2.56. The van der Waals surface area contributed by atoms with E-state index in [4.69, 9.17) is 21.1 Å². The number of esters is 1. The van der Waals surface area contributed by atoms with Crippen LogP contribution in [0.15, 0.2) is 43.5 Å². The molecule has 9 heteroatoms. The summed E-state index contributed by atoms with van der Waals surface area (Å²) in [4.78, 5) is 44.8. The summed E-state index contributed by atoms with van der Waals surface area (Å²) in [5.41, 5.74) is -0.730. The zero-order valence-electron chi connectivity index (χ0n) is 21.5. The van der Waals surface area contributed by atoms with Gasteiger partial charge in [-0.05, 0) is 51.2 Å². The van der Waals surface area contributed by atoms with Gasteiger partial charge in [0.15, 0.2) is 0 Å². The number of benzene rings is 1. The number of hydrogen-bond acceptors (Lipinski definition) is 6. The summed E-state index contributed by atoms with van der Waals surface area (Å²) in [6, 6.07) is 4.44. The fourth-order valence-corrected chi connectivity index (χ4v) is 6.78. The van der Waals surface area contributed by atoms with Crippen LogP contribution in [0.5, 0.6) is 0 Å². The second-order valence-corrected chi connectivity index (χ2v) is 10.7. The maximum absolute atomic E-state index is 14.5. The van der Waals surface area contributed by atoms with Gasteiger partial charge >= 0.3 is 5.97 Å². The van der Waals surface area contributed by atoms with Gasteiger partial charge in [-0.3, -0.25) is 14.4 Å². The predicted octanol–water partition coefficient (Wildman–Crippen LogP) is 3.43. The summed E-state index contributed by atoms with van der Waals surface area (Å²) in [6.07, 6.45) is 5.06. The van der Waals surface area contributed by atoms with Gasteiger partial charge in [0.1, 0.15) is 24.2 Å². The molecule has 3 fully saturated rings. The predicted molar refractivity (Wildman–Crippen MR) is 140 cm³/mol. The summed E-state index contributed by atoms with van der Waals surface area (Å²) in [5, 5.41) is 9.76. The fourth-order valence-electron chi connectivity index (χ4n) is 6.46. The molecule has 200 valence electrons. The molecule has 1 aromatic rings. The van der Waals surface area contributed by atoms with Crippen molar-refractivity contribution < 1.29 is 29.0 Å². The third kappa shape index (κ3) is 4.39. The van der Waals surface area contributed by atoms with Crippen LogP contribution in [0.2, 0.25) is 5.02 Å². The second-order valence-electron chi connectivity index (χ2n) is 10.3. The van der Waals surface area contributed by atoms with E-state index in [0.29, 0.717) is 36.4 Å². The molecule has 2 amide bonds. The Bertz CT molecular complexity index is 1090. The zero-order valence-corrected chi connectivity index (χ0v) is 22.2. The fraction of sp³-hybridized carbons (Fsp3) is 0.536. The quantitative estimate of drug-likeness (QED) is 0.267. The minimum absolute atomic E-state index is 0.0261. The van der Waals surface area contributed by atoms with Crippen LogP contribution in [0.25, 0.3) is 0 Å². The normalized spacial score (nSPS) is 29.8. The van der Waals surface area contributed by atoms with Crippen LogP contribution in [0.3, 0.4) is 0 Å². The van der Waals surface area contributed by atoms with Crippen molar-refractivity contribution >= 4 is 35.1 Å². The molecule has 1 N–H and O–H groups in total. The summed E-state index contributed by atoms with van der Waals surface area (Å²) in [5.74, 6) is -2.82. The molecule has 8 nitrogen and oxygen atoms in total. The molecule has 0 saturated carbocycles. The number of aliphatic hydroxyl groups is 1. The number of para-hydroxylation sites is 1. The zero-order chi connectivity index (χ0) is 27.0. The lowest BCUT2D eigenvalue weighted by Gasteiger charge is -2.37. The van der Waals surface area contributed by atoms with Crippen molar-refractivity contribution in [3.8, 4) is 0 Å². The number of amides is 2. The largest absolute Gasteiger partial charge is 0.461 e. The number of aryl methyl sites for hydroxylation is 1. The van der Waals surface area contributed by atoms with Crippen LogP contribution in [-0.4, -0.2) is 71.3 Å². The van der Waals surface area contributed by atoms with E-state index in [1.54, 1.807) is 21.9 Å². The van der Waals surface area contributed by atoms with E-state index in [9.17, 15) is 19.5 Å². The van der Waals surface area contributed by atoms with Crippen molar-refractivity contribution in [1.29, 1.82) is 0 Å². The molecular formula is C28H35ClN2O6. The average Bonchev–Trinajstić information content (AvgIpc) is 3.42. The van der Waals surface area contributed by atoms with E-state index in [-0.39, 0.29) is 38.1 Å². The molecule has 1 aromatic carbocycles. The number of nitrogens with zero attached hydrogens (tertiary/aromatic N) is 2. The Morgan fingerprint density at radius 2 is 2.05 bits per heavy atom. The molecule has 0 aromatic heterocycles. The van der Waals surface area contributed by atoms with Gasteiger partial charge in [-0.2, -0.15) is 0 Å². The highest BCUT2D eigenvalue weighted by Crippen LogP contribution is 2.63. The monoisotopic (exact) mass is 530 g/mol. The lowest BCUT2D eigenvalue weighted by atomic mass is 9.66. The highest BCUT2D eigenvalue weighted by atomic mass is 35.5. The molecule has 37 heavy (non-hydrogen) atoms. The maximum Gasteiger partial charge on any atom is 0.313 e. The SMILES string of the molecule is C=CCOC(=O)[C@@H]1[C@H]2C(=O)N(CCCCO)C(C(=O)N(CC=C)c3c(C)cccc3Cl)C23CC[C@@]1(C)O3. The van der Waals surface area contributed by atoms with Crippen LogP contribution in [-0.2, 0) is 23.9 Å². The van der Waals surface area contributed by atoms with E-state index in [0.717, 1.165) is 5.56 Å². The highest BCUT2D eigenvalue weighted by Gasteiger charge is 2.78. The Kier molecular flexibility index (Phi) is 7.83. The van der Waals surface area contributed by atoms with Crippen molar-refractivity contribution in [3.05, 3.63) is 54.1 Å². The summed E-state index contributed by atoms with van der Waals surface area (Å²) in [6.45, 7) is 11.6. The van der Waals surface area contributed by atoms with Crippen molar-refractivity contribution in [2.24, 2.45) is 11.8 Å². The topological polar surface area (TPSA) is 96.4 Å². The van der Waals surface area contributed by atoms with Crippen LogP contribution >= 0.6 is 11.6 Å². The number of halogens is 1. The molecule has 5 atom stereocenters. The minimum atomic E-state index is -1.17. The van der Waals surface area contributed by atoms with E-state index in [2.05, 4.69) is 13.2 Å². The van der Waals surface area contributed by atoms with Crippen molar-refractivity contribution in [3.63, 3.8) is 0 Å². The molecule has 0 aliphatic carbocycles. The molecule has 1 spiro atoms. The highest BCUT2D eigenvalue weighted by molar-refractivity contribution is 6.34. The smallest absolute Gasteiger partial charge is 0.313 e. The first-order valence-electron chi connectivity index (χ1n) is 12.7. The van der Waals surface area contributed by atoms with Crippen LogP contribution in [0.4, 0.5) is 5.69 Å². The number of fused-ring (bicyclic) bond motifs is 1. The molecule has 3 saturated heterocycles. The first-order chi connectivity index (χ1) is 17.7. The van der Waals surface area contributed by atoms with Gasteiger partial charge in [0.25, 0.3) is 5.91 Å². The lowest BCUT2D eigenvalue weighted by molar-refractivity contribution is -0.158. The van der Waals surface area contributed by atoms with Gasteiger partial charge in [0.2, 0.25) is 5.91 Å². The number of anilines is 1. The second kappa shape index (κ2) is 10.6. The van der Waals surface area contributed by atoms with Crippen LogP contribution in [0, 0.1) is 18.8 Å². The summed E-state index contributed by atoms with van der Waals surface area (Å²) >= 11 is 6.56. The van der Waals surface area contributed by atoms with Gasteiger partial charge in [0, 0.05) is 19.7 Å². The first kappa shape index (κ1) is 27.4.